The Morgan fingerprint density at radius 2 is 0.889 bits per heavy atom. The third kappa shape index (κ3) is 11.7. The summed E-state index contributed by atoms with van der Waals surface area (Å²) in [7, 11) is -5.93. The number of rotatable bonds is 20. The van der Waals surface area contributed by atoms with Crippen molar-refractivity contribution in [3.63, 3.8) is 0 Å². The van der Waals surface area contributed by atoms with Crippen LogP contribution in [0, 0.1) is 0 Å². The van der Waals surface area contributed by atoms with Crippen LogP contribution in [-0.2, 0) is 21.8 Å². The largest absolute Gasteiger partial charge is 0.508 e. The molecule has 0 aromatic rings. The lowest BCUT2D eigenvalue weighted by molar-refractivity contribution is 0.0481. The molecule has 0 bridgehead atoms. The Kier molecular flexibility index (Phi) is 17.1. The lowest BCUT2D eigenvalue weighted by Crippen LogP contribution is -2.66. The highest BCUT2D eigenvalue weighted by atomic mass is 28.5. The molecular weight excluding hydrogens is 380 g/mol. The second kappa shape index (κ2) is 17.0. The lowest BCUT2D eigenvalue weighted by atomic mass is 10.3. The first-order chi connectivity index (χ1) is 13.1. The summed E-state index contributed by atoms with van der Waals surface area (Å²) >= 11 is 0. The number of nitrogens with one attached hydrogen (secondary N) is 2. The second-order valence-electron chi connectivity index (χ2n) is 6.26. The molecule has 0 aliphatic carbocycles. The Labute approximate surface area is 169 Å². The maximum absolute atomic E-state index is 6.61. The summed E-state index contributed by atoms with van der Waals surface area (Å²) in [6.45, 7) is 16.2. The van der Waals surface area contributed by atoms with E-state index in [9.17, 15) is 0 Å². The van der Waals surface area contributed by atoms with Gasteiger partial charge in [-0.05, 0) is 53.6 Å². The Bertz CT molecular complexity index is 299. The molecule has 0 saturated carbocycles. The van der Waals surface area contributed by atoms with Crippen LogP contribution >= 0.6 is 0 Å². The van der Waals surface area contributed by atoms with Crippen molar-refractivity contribution in [3.8, 4) is 0 Å². The van der Waals surface area contributed by atoms with Gasteiger partial charge >= 0.3 is 17.6 Å². The molecule has 0 radical (unpaired) electrons. The zero-order valence-electron chi connectivity index (χ0n) is 18.5. The van der Waals surface area contributed by atoms with Crippen molar-refractivity contribution < 1.29 is 21.8 Å². The summed E-state index contributed by atoms with van der Waals surface area (Å²) in [6, 6.07) is 0. The Morgan fingerprint density at radius 1 is 0.556 bits per heavy atom. The smallest absolute Gasteiger partial charge is 0.373 e. The fraction of sp³-hybridized carbons (Fsp3) is 1.00. The quantitative estimate of drug-likeness (QED) is 0.230. The molecule has 0 aliphatic rings. The third-order valence-electron chi connectivity index (χ3n) is 3.87. The fourth-order valence-electron chi connectivity index (χ4n) is 2.68. The summed E-state index contributed by atoms with van der Waals surface area (Å²) in [6.07, 6.45) is 5.64. The van der Waals surface area contributed by atoms with Crippen LogP contribution in [0.4, 0.5) is 0 Å². The maximum atomic E-state index is 6.61. The van der Waals surface area contributed by atoms with E-state index in [1.807, 2.05) is 27.7 Å². The highest BCUT2D eigenvalue weighted by Gasteiger charge is 2.53. The number of hydrogen-bond acceptors (Lipinski definition) is 7. The van der Waals surface area contributed by atoms with Gasteiger partial charge in [-0.2, -0.15) is 0 Å². The van der Waals surface area contributed by atoms with Gasteiger partial charge in [0.25, 0.3) is 0 Å². The molecule has 0 atom stereocenters. The van der Waals surface area contributed by atoms with Crippen LogP contribution in [-0.4, -0.2) is 69.5 Å². The molecule has 7 nitrogen and oxygen atoms in total. The zero-order valence-corrected chi connectivity index (χ0v) is 20.5. The first-order valence-corrected chi connectivity index (χ1v) is 14.6. The average molecular weight is 425 g/mol. The molecule has 0 aromatic carbocycles. The molecule has 9 heteroatoms. The van der Waals surface area contributed by atoms with E-state index in [-0.39, 0.29) is 0 Å². The van der Waals surface area contributed by atoms with Gasteiger partial charge in [-0.3, -0.25) is 0 Å². The standard InChI is InChI=1S/C18H44N2O5Si2/c1-7-13-15-19-17-26(21-9-3,22-10-4)25-27(23-11-5,24-12-6)18-20-16-14-8-2/h19-20H,7-18H2,1-6H3. The zero-order chi connectivity index (χ0) is 20.4. The van der Waals surface area contributed by atoms with E-state index in [4.69, 9.17) is 21.8 Å². The van der Waals surface area contributed by atoms with Crippen LogP contribution in [0.25, 0.3) is 0 Å². The molecule has 0 heterocycles. The lowest BCUT2D eigenvalue weighted by Gasteiger charge is -2.38. The van der Waals surface area contributed by atoms with Gasteiger partial charge in [-0.15, -0.1) is 0 Å². The van der Waals surface area contributed by atoms with Crippen molar-refractivity contribution in [2.45, 2.75) is 67.2 Å². The first kappa shape index (κ1) is 27.2. The summed E-state index contributed by atoms with van der Waals surface area (Å²) in [5, 5.41) is 6.91. The molecule has 0 unspecified atom stereocenters. The molecule has 0 saturated heterocycles. The van der Waals surface area contributed by atoms with Crippen molar-refractivity contribution in [3.05, 3.63) is 0 Å². The molecule has 164 valence electrons. The molecule has 0 fully saturated rings. The molecule has 0 aromatic heterocycles. The van der Waals surface area contributed by atoms with E-state index in [2.05, 4.69) is 24.5 Å². The molecule has 27 heavy (non-hydrogen) atoms. The second-order valence-corrected chi connectivity index (χ2v) is 11.7. The minimum Gasteiger partial charge on any atom is -0.373 e. The van der Waals surface area contributed by atoms with E-state index in [0.717, 1.165) is 38.8 Å². The van der Waals surface area contributed by atoms with Crippen molar-refractivity contribution in [2.24, 2.45) is 0 Å². The summed E-state index contributed by atoms with van der Waals surface area (Å²) in [4.78, 5) is 0. The van der Waals surface area contributed by atoms with E-state index < -0.39 is 17.6 Å². The van der Waals surface area contributed by atoms with Gasteiger partial charge in [0.15, 0.2) is 0 Å². The van der Waals surface area contributed by atoms with Gasteiger partial charge in [0.2, 0.25) is 0 Å². The topological polar surface area (TPSA) is 70.2 Å². The van der Waals surface area contributed by atoms with Gasteiger partial charge in [-0.1, -0.05) is 26.7 Å². The van der Waals surface area contributed by atoms with Gasteiger partial charge in [0.1, 0.15) is 0 Å². The first-order valence-electron chi connectivity index (χ1n) is 10.7. The van der Waals surface area contributed by atoms with E-state index in [0.29, 0.717) is 38.8 Å². The molecule has 2 N–H and O–H groups in total. The molecular formula is C18H44N2O5Si2. The van der Waals surface area contributed by atoms with Crippen LogP contribution in [0.15, 0.2) is 0 Å². The highest BCUT2D eigenvalue weighted by Crippen LogP contribution is 2.19. The van der Waals surface area contributed by atoms with Gasteiger partial charge in [-0.25, -0.2) is 0 Å². The number of unbranched alkanes of at least 4 members (excludes halogenated alkanes) is 2. The summed E-state index contributed by atoms with van der Waals surface area (Å²) in [5.74, 6) is 0. The summed E-state index contributed by atoms with van der Waals surface area (Å²) < 4.78 is 31.0. The highest BCUT2D eigenvalue weighted by molar-refractivity contribution is 6.75. The maximum Gasteiger partial charge on any atom is 0.508 e. The van der Waals surface area contributed by atoms with Crippen molar-refractivity contribution in [1.82, 2.24) is 10.6 Å². The van der Waals surface area contributed by atoms with Gasteiger partial charge in [0, 0.05) is 26.4 Å². The monoisotopic (exact) mass is 424 g/mol. The predicted molar refractivity (Wildman–Crippen MR) is 115 cm³/mol. The van der Waals surface area contributed by atoms with Crippen LogP contribution in [0.5, 0.6) is 0 Å². The van der Waals surface area contributed by atoms with Gasteiger partial charge in [0.05, 0.1) is 12.3 Å². The van der Waals surface area contributed by atoms with Gasteiger partial charge < -0.3 is 32.5 Å². The minimum atomic E-state index is -2.96. The SMILES string of the molecule is CCCCNC[Si](OCC)(OCC)O[Si](CNCCCC)(OCC)OCC. The minimum absolute atomic E-state index is 0.535. The number of hydrogen-bond donors (Lipinski definition) is 2. The normalized spacial score (nSPS) is 12.7. The van der Waals surface area contributed by atoms with E-state index >= 15 is 0 Å². The Morgan fingerprint density at radius 3 is 1.15 bits per heavy atom. The molecule has 0 aliphatic heterocycles. The van der Waals surface area contributed by atoms with Crippen molar-refractivity contribution in [1.29, 1.82) is 0 Å². The van der Waals surface area contributed by atoms with Crippen LogP contribution in [0.1, 0.15) is 67.2 Å². The van der Waals surface area contributed by atoms with E-state index in [1.54, 1.807) is 0 Å². The van der Waals surface area contributed by atoms with E-state index in [1.165, 1.54) is 0 Å². The Hall–Kier alpha value is 0.154. The van der Waals surface area contributed by atoms with Crippen LogP contribution in [0.3, 0.4) is 0 Å². The average Bonchev–Trinajstić information content (AvgIpc) is 2.63. The third-order valence-corrected chi connectivity index (χ3v) is 10.6. The fourth-order valence-corrected chi connectivity index (χ4v) is 9.40. The Balaban J connectivity index is 5.35. The molecule has 0 spiro atoms. The molecule has 0 rings (SSSR count). The van der Waals surface area contributed by atoms with Crippen LogP contribution < -0.4 is 10.6 Å². The van der Waals surface area contributed by atoms with Crippen molar-refractivity contribution in [2.75, 3.05) is 51.9 Å². The molecule has 0 amide bonds. The summed E-state index contributed by atoms with van der Waals surface area (Å²) in [5.41, 5.74) is 0. The van der Waals surface area contributed by atoms with Crippen LogP contribution in [0.2, 0.25) is 0 Å². The van der Waals surface area contributed by atoms with Crippen molar-refractivity contribution >= 4 is 17.6 Å². The predicted octanol–water partition coefficient (Wildman–Crippen LogP) is 2.88.